The van der Waals surface area contributed by atoms with Crippen molar-refractivity contribution >= 4 is 0 Å². The quantitative estimate of drug-likeness (QED) is 0.824. The van der Waals surface area contributed by atoms with Crippen LogP contribution < -0.4 is 5.32 Å². The van der Waals surface area contributed by atoms with E-state index in [1.54, 1.807) is 4.68 Å². The Morgan fingerprint density at radius 1 is 1.30 bits per heavy atom. The second kappa shape index (κ2) is 6.60. The Hall–Kier alpha value is -1.76. The Morgan fingerprint density at radius 3 is 2.80 bits per heavy atom. The van der Waals surface area contributed by atoms with E-state index in [0.717, 1.165) is 17.9 Å². The van der Waals surface area contributed by atoms with Crippen LogP contribution in [0.25, 0.3) is 0 Å². The molecule has 0 aliphatic rings. The molecule has 0 atom stereocenters. The fourth-order valence-electron chi connectivity index (χ4n) is 1.75. The SMILES string of the molecule is CC(C)Cc1noc(Cn2cc(CNC(C)C)nn2)n1. The van der Waals surface area contributed by atoms with Crippen LogP contribution in [0.4, 0.5) is 0 Å². The first-order chi connectivity index (χ1) is 9.52. The number of nitrogens with zero attached hydrogens (tertiary/aromatic N) is 5. The molecule has 2 rings (SSSR count). The Bertz CT molecular complexity index is 530. The third-order valence-corrected chi connectivity index (χ3v) is 2.68. The van der Waals surface area contributed by atoms with E-state index in [4.69, 9.17) is 4.52 Å². The largest absolute Gasteiger partial charge is 0.337 e. The summed E-state index contributed by atoms with van der Waals surface area (Å²) >= 11 is 0. The van der Waals surface area contributed by atoms with Gasteiger partial charge in [-0.15, -0.1) is 5.10 Å². The van der Waals surface area contributed by atoms with Crippen LogP contribution in [0.2, 0.25) is 0 Å². The molecule has 0 bridgehead atoms. The second-order valence-electron chi connectivity index (χ2n) is 5.65. The van der Waals surface area contributed by atoms with Gasteiger partial charge < -0.3 is 9.84 Å². The zero-order valence-electron chi connectivity index (χ0n) is 12.5. The minimum atomic E-state index is 0.426. The molecule has 1 N–H and O–H groups in total. The van der Waals surface area contributed by atoms with E-state index >= 15 is 0 Å². The highest BCUT2D eigenvalue weighted by molar-refractivity contribution is 4.94. The van der Waals surface area contributed by atoms with Crippen LogP contribution in [0.3, 0.4) is 0 Å². The first-order valence-electron chi connectivity index (χ1n) is 6.96. The minimum Gasteiger partial charge on any atom is -0.337 e. The molecule has 0 spiro atoms. The van der Waals surface area contributed by atoms with E-state index in [0.29, 0.717) is 30.9 Å². The van der Waals surface area contributed by atoms with Crippen LogP contribution in [0, 0.1) is 5.92 Å². The Kier molecular flexibility index (Phi) is 4.84. The highest BCUT2D eigenvalue weighted by Gasteiger charge is 2.10. The van der Waals surface area contributed by atoms with Crippen molar-refractivity contribution in [3.63, 3.8) is 0 Å². The highest BCUT2D eigenvalue weighted by Crippen LogP contribution is 2.06. The molecule has 7 nitrogen and oxygen atoms in total. The van der Waals surface area contributed by atoms with Gasteiger partial charge in [0.2, 0.25) is 5.89 Å². The molecule has 2 aromatic heterocycles. The summed E-state index contributed by atoms with van der Waals surface area (Å²) in [5, 5.41) is 15.4. The van der Waals surface area contributed by atoms with Crippen molar-refractivity contribution in [1.29, 1.82) is 0 Å². The van der Waals surface area contributed by atoms with Crippen molar-refractivity contribution in [2.45, 2.75) is 53.2 Å². The monoisotopic (exact) mass is 278 g/mol. The van der Waals surface area contributed by atoms with Crippen LogP contribution in [-0.2, 0) is 19.5 Å². The van der Waals surface area contributed by atoms with Gasteiger partial charge in [-0.05, 0) is 5.92 Å². The van der Waals surface area contributed by atoms with Gasteiger partial charge in [-0.2, -0.15) is 4.98 Å². The molecule has 0 aliphatic carbocycles. The Labute approximate surface area is 118 Å². The van der Waals surface area contributed by atoms with E-state index in [2.05, 4.69) is 53.5 Å². The van der Waals surface area contributed by atoms with E-state index in [1.165, 1.54) is 0 Å². The van der Waals surface area contributed by atoms with Gasteiger partial charge in [0.1, 0.15) is 6.54 Å². The van der Waals surface area contributed by atoms with E-state index in [1.807, 2.05) is 6.20 Å². The Balaban J connectivity index is 1.91. The van der Waals surface area contributed by atoms with Crippen LogP contribution >= 0.6 is 0 Å². The lowest BCUT2D eigenvalue weighted by atomic mass is 10.1. The lowest BCUT2D eigenvalue weighted by molar-refractivity contribution is 0.358. The predicted octanol–water partition coefficient (Wildman–Crippen LogP) is 1.41. The lowest BCUT2D eigenvalue weighted by Crippen LogP contribution is -2.21. The molecule has 2 heterocycles. The maximum absolute atomic E-state index is 5.21. The first kappa shape index (κ1) is 14.6. The Morgan fingerprint density at radius 2 is 2.10 bits per heavy atom. The average molecular weight is 278 g/mol. The van der Waals surface area contributed by atoms with Crippen molar-refractivity contribution in [3.05, 3.63) is 23.6 Å². The zero-order chi connectivity index (χ0) is 14.5. The summed E-state index contributed by atoms with van der Waals surface area (Å²) in [6.07, 6.45) is 2.71. The van der Waals surface area contributed by atoms with Crippen molar-refractivity contribution < 1.29 is 4.52 Å². The van der Waals surface area contributed by atoms with Gasteiger partial charge >= 0.3 is 0 Å². The summed E-state index contributed by atoms with van der Waals surface area (Å²) < 4.78 is 6.92. The fraction of sp³-hybridized carbons (Fsp3) is 0.692. The molecule has 110 valence electrons. The standard InChI is InChI=1S/C13H22N6O/c1-9(2)5-12-15-13(20-17-12)8-19-7-11(16-18-19)6-14-10(3)4/h7,9-10,14H,5-6,8H2,1-4H3. The molecule has 2 aromatic rings. The number of hydrogen-bond acceptors (Lipinski definition) is 6. The molecule has 0 aliphatic heterocycles. The van der Waals surface area contributed by atoms with E-state index in [-0.39, 0.29) is 0 Å². The van der Waals surface area contributed by atoms with Crippen LogP contribution in [-0.4, -0.2) is 31.2 Å². The molecular weight excluding hydrogens is 256 g/mol. The number of hydrogen-bond donors (Lipinski definition) is 1. The first-order valence-corrected chi connectivity index (χ1v) is 6.96. The van der Waals surface area contributed by atoms with Gasteiger partial charge in [0.15, 0.2) is 5.82 Å². The number of nitrogens with one attached hydrogen (secondary N) is 1. The summed E-state index contributed by atoms with van der Waals surface area (Å²) in [4.78, 5) is 4.35. The molecular formula is C13H22N6O. The molecule has 0 saturated carbocycles. The molecule has 0 saturated heterocycles. The van der Waals surface area contributed by atoms with Gasteiger partial charge in [0, 0.05) is 19.0 Å². The number of rotatable bonds is 7. The summed E-state index contributed by atoms with van der Waals surface area (Å²) in [7, 11) is 0. The van der Waals surface area contributed by atoms with E-state index in [9.17, 15) is 0 Å². The fourth-order valence-corrected chi connectivity index (χ4v) is 1.75. The maximum Gasteiger partial charge on any atom is 0.248 e. The van der Waals surface area contributed by atoms with Gasteiger partial charge in [0.05, 0.1) is 11.9 Å². The van der Waals surface area contributed by atoms with Crippen LogP contribution in [0.5, 0.6) is 0 Å². The molecule has 0 unspecified atom stereocenters. The van der Waals surface area contributed by atoms with Crippen molar-refractivity contribution in [3.8, 4) is 0 Å². The minimum absolute atomic E-state index is 0.426. The second-order valence-corrected chi connectivity index (χ2v) is 5.65. The molecule has 0 aromatic carbocycles. The van der Waals surface area contributed by atoms with Gasteiger partial charge in [-0.1, -0.05) is 38.1 Å². The smallest absolute Gasteiger partial charge is 0.248 e. The average Bonchev–Trinajstić information content (AvgIpc) is 2.96. The highest BCUT2D eigenvalue weighted by atomic mass is 16.5. The van der Waals surface area contributed by atoms with Crippen LogP contribution in [0.1, 0.15) is 45.1 Å². The zero-order valence-corrected chi connectivity index (χ0v) is 12.5. The molecule has 0 fully saturated rings. The molecule has 0 radical (unpaired) electrons. The van der Waals surface area contributed by atoms with Gasteiger partial charge in [-0.3, -0.25) is 0 Å². The molecule has 7 heteroatoms. The summed E-state index contributed by atoms with van der Waals surface area (Å²) in [5.41, 5.74) is 0.903. The van der Waals surface area contributed by atoms with Gasteiger partial charge in [-0.25, -0.2) is 4.68 Å². The number of aromatic nitrogens is 5. The third kappa shape index (κ3) is 4.41. The molecule has 0 amide bonds. The van der Waals surface area contributed by atoms with E-state index < -0.39 is 0 Å². The topological polar surface area (TPSA) is 81.7 Å². The summed E-state index contributed by atoms with van der Waals surface area (Å²) in [5.74, 6) is 1.83. The predicted molar refractivity (Wildman–Crippen MR) is 73.9 cm³/mol. The molecule has 20 heavy (non-hydrogen) atoms. The maximum atomic E-state index is 5.21. The van der Waals surface area contributed by atoms with Crippen molar-refractivity contribution in [2.75, 3.05) is 0 Å². The van der Waals surface area contributed by atoms with Gasteiger partial charge in [0.25, 0.3) is 0 Å². The van der Waals surface area contributed by atoms with Crippen molar-refractivity contribution in [1.82, 2.24) is 30.5 Å². The summed E-state index contributed by atoms with van der Waals surface area (Å²) in [6, 6.07) is 0.426. The normalized spacial score (nSPS) is 11.7. The van der Waals surface area contributed by atoms with Crippen molar-refractivity contribution in [2.24, 2.45) is 5.92 Å². The third-order valence-electron chi connectivity index (χ3n) is 2.68. The van der Waals surface area contributed by atoms with Crippen LogP contribution in [0.15, 0.2) is 10.7 Å². The lowest BCUT2D eigenvalue weighted by Gasteiger charge is -2.03. The summed E-state index contributed by atoms with van der Waals surface area (Å²) in [6.45, 7) is 9.61.